The van der Waals surface area contributed by atoms with Gasteiger partial charge in [0, 0.05) is 121 Å². The number of carbonyl (C=O) groups excluding carboxylic acids is 12. The van der Waals surface area contributed by atoms with Crippen LogP contribution in [0.5, 0.6) is 5.75 Å². The van der Waals surface area contributed by atoms with Crippen molar-refractivity contribution in [2.24, 2.45) is 0 Å². The Morgan fingerprint density at radius 3 is 2.14 bits per heavy atom. The zero-order valence-electron chi connectivity index (χ0n) is 68.0. The SMILES string of the molecule is COCCC[N+](C)(C)CCCCCC(=O)CC[C@H]1NC(=O)[C@H](C)NC(=O)CCC(=O)N2CCCCCCn3cc(c4cc(F)ccc43)C[C@@H]3NC(=O)[C@H](Cc4cccc(c4)CNC(=O)CO[C@H]4CCN(C3=O)[C@@H]4C(=O)N[C@@H]([C@@H](C)O)C(=O)N[C@@H](Cc3ccc(OC)cc3)C(=O)N3CCC[C@@]3(C)C(=O)NCCc3ccc(cc3)C2)NC1=O. The fourth-order valence-corrected chi connectivity index (χ4v) is 16.3. The Balaban J connectivity index is 1.06. The molecule has 0 saturated carbocycles. The number of amides is 11. The number of hydrogen-bond acceptors (Lipinski definition) is 16. The van der Waals surface area contributed by atoms with E-state index in [2.05, 4.69) is 56.6 Å². The van der Waals surface area contributed by atoms with Crippen LogP contribution in [0.25, 0.3) is 10.9 Å². The van der Waals surface area contributed by atoms with Crippen LogP contribution in [0.1, 0.15) is 157 Å². The summed E-state index contributed by atoms with van der Waals surface area (Å²) in [5.41, 5.74) is 2.81. The summed E-state index contributed by atoms with van der Waals surface area (Å²) in [5.74, 6) is -8.59. The summed E-state index contributed by atoms with van der Waals surface area (Å²) in [4.78, 5) is 183. The van der Waals surface area contributed by atoms with Crippen molar-refractivity contribution in [1.82, 2.24) is 61.8 Å². The van der Waals surface area contributed by atoms with E-state index in [0.717, 1.165) is 52.9 Å². The molecule has 12 bridgehead atoms. The number of Topliss-reactive ketones (excluding diaryl/α,β-unsaturated/α-hetero) is 1. The van der Waals surface area contributed by atoms with Crippen molar-refractivity contribution in [3.05, 3.63) is 136 Å². The molecule has 4 aromatic carbocycles. The second-order valence-electron chi connectivity index (χ2n) is 32.5. The highest BCUT2D eigenvalue weighted by molar-refractivity contribution is 6.00. The van der Waals surface area contributed by atoms with E-state index < -0.39 is 132 Å². The number of fused-ring (bicyclic) bond motifs is 16. The predicted molar refractivity (Wildman–Crippen MR) is 430 cm³/mol. The molecule has 5 aromatic rings. The van der Waals surface area contributed by atoms with Gasteiger partial charge in [-0.25, -0.2) is 4.39 Å². The summed E-state index contributed by atoms with van der Waals surface area (Å²) in [7, 11) is 7.45. The van der Waals surface area contributed by atoms with Gasteiger partial charge in [0.2, 0.25) is 65.0 Å². The molecule has 0 spiro atoms. The number of unbranched alkanes of at least 4 members (excludes halogenated alkanes) is 2. The van der Waals surface area contributed by atoms with Crippen LogP contribution >= 0.6 is 0 Å². The van der Waals surface area contributed by atoms with E-state index in [-0.39, 0.29) is 109 Å². The molecule has 29 nitrogen and oxygen atoms in total. The van der Waals surface area contributed by atoms with Crippen molar-refractivity contribution < 1.29 is 85.7 Å². The lowest BCUT2D eigenvalue weighted by molar-refractivity contribution is -0.890. The Morgan fingerprint density at radius 1 is 0.664 bits per heavy atom. The van der Waals surface area contributed by atoms with Crippen LogP contribution in [0.4, 0.5) is 4.39 Å². The van der Waals surface area contributed by atoms with Crippen molar-refractivity contribution in [3.63, 3.8) is 0 Å². The number of nitrogens with zero attached hydrogens (tertiary/aromatic N) is 5. The van der Waals surface area contributed by atoms with Crippen molar-refractivity contribution in [3.8, 4) is 5.75 Å². The molecule has 0 aliphatic carbocycles. The Kier molecular flexibility index (Phi) is 31.6. The average Bonchev–Trinajstić information content (AvgIpc) is 1.65. The van der Waals surface area contributed by atoms with Crippen LogP contribution in [0.15, 0.2) is 97.2 Å². The number of aliphatic hydroxyl groups excluding tert-OH is 1. The lowest BCUT2D eigenvalue weighted by atomic mass is 9.95. The molecule has 116 heavy (non-hydrogen) atoms. The smallest absolute Gasteiger partial charge is 0.246 e. The number of aromatic nitrogens is 1. The summed E-state index contributed by atoms with van der Waals surface area (Å²) in [6.45, 7) is 7.00. The summed E-state index contributed by atoms with van der Waals surface area (Å²) in [6, 6.07) is 14.3. The Hall–Kier alpha value is -10.2. The largest absolute Gasteiger partial charge is 0.497 e. The monoisotopic (exact) mass is 1610 g/mol. The van der Waals surface area contributed by atoms with E-state index in [4.69, 9.17) is 14.2 Å². The molecule has 10 atom stereocenters. The third-order valence-corrected chi connectivity index (χ3v) is 23.1. The fourth-order valence-electron chi connectivity index (χ4n) is 16.3. The number of nitrogens with one attached hydrogen (secondary N) is 8. The Morgan fingerprint density at radius 2 is 1.39 bits per heavy atom. The molecule has 9 N–H and O–H groups in total. The number of hydrogen-bond donors (Lipinski definition) is 9. The van der Waals surface area contributed by atoms with Crippen LogP contribution < -0.4 is 47.3 Å². The maximum atomic E-state index is 16.3. The number of ether oxygens (including phenoxy) is 3. The van der Waals surface area contributed by atoms with E-state index in [1.54, 1.807) is 79.7 Å². The zero-order valence-corrected chi connectivity index (χ0v) is 68.0. The number of carbonyl (C=O) groups is 12. The zero-order chi connectivity index (χ0) is 83.2. The van der Waals surface area contributed by atoms with Gasteiger partial charge in [-0.3, -0.25) is 57.5 Å². The summed E-state index contributed by atoms with van der Waals surface area (Å²) in [6.07, 6.45) is 3.75. The maximum absolute atomic E-state index is 16.3. The quantitative estimate of drug-likeness (QED) is 0.0465. The number of aryl methyl sites for hydroxylation is 1. The molecule has 0 radical (unpaired) electrons. The lowest BCUT2D eigenvalue weighted by Gasteiger charge is -2.37. The number of rotatable bonds is 17. The van der Waals surface area contributed by atoms with Gasteiger partial charge >= 0.3 is 0 Å². The molecule has 0 unspecified atom stereocenters. The number of aliphatic hydroxyl groups is 1. The normalized spacial score (nSPS) is 24.5. The van der Waals surface area contributed by atoms with Gasteiger partial charge in [-0.15, -0.1) is 0 Å². The second-order valence-corrected chi connectivity index (χ2v) is 32.5. The minimum atomic E-state index is -1.85. The molecular weight excluding hydrogens is 1490 g/mol. The first-order valence-electron chi connectivity index (χ1n) is 41.0. The first-order chi connectivity index (χ1) is 55.6. The number of benzene rings is 4. The first-order valence-corrected chi connectivity index (χ1v) is 41.0. The average molecular weight is 1610 g/mol. The molecule has 2 fully saturated rings. The van der Waals surface area contributed by atoms with Crippen LogP contribution in [0.3, 0.4) is 0 Å². The van der Waals surface area contributed by atoms with Crippen molar-refractivity contribution in [2.45, 2.75) is 229 Å². The number of methoxy groups -OCH3 is 2. The van der Waals surface area contributed by atoms with Gasteiger partial charge in [0.25, 0.3) is 0 Å². The summed E-state index contributed by atoms with van der Waals surface area (Å²) >= 11 is 0. The molecule has 7 heterocycles. The molecule has 6 aliphatic heterocycles. The van der Waals surface area contributed by atoms with Gasteiger partial charge in [0.05, 0.1) is 53.1 Å². The van der Waals surface area contributed by atoms with E-state index in [0.29, 0.717) is 104 Å². The van der Waals surface area contributed by atoms with Gasteiger partial charge in [0.1, 0.15) is 71.8 Å². The summed E-state index contributed by atoms with van der Waals surface area (Å²) < 4.78 is 35.6. The van der Waals surface area contributed by atoms with Gasteiger partial charge in [-0.05, 0) is 149 Å². The molecule has 1 aromatic heterocycles. The molecule has 11 amide bonds. The van der Waals surface area contributed by atoms with Crippen LogP contribution in [0.2, 0.25) is 0 Å². The van der Waals surface area contributed by atoms with Crippen LogP contribution in [-0.4, -0.2) is 240 Å². The minimum absolute atomic E-state index is 0.0708. The number of ketones is 1. The predicted octanol–water partition coefficient (Wildman–Crippen LogP) is 4.20. The van der Waals surface area contributed by atoms with Gasteiger partial charge < -0.3 is 85.6 Å². The van der Waals surface area contributed by atoms with Gasteiger partial charge in [-0.2, -0.15) is 0 Å². The minimum Gasteiger partial charge on any atom is -0.497 e. The molecule has 2 saturated heterocycles. The molecule has 30 heteroatoms. The molecule has 628 valence electrons. The van der Waals surface area contributed by atoms with Gasteiger partial charge in [-0.1, -0.05) is 73.5 Å². The molecule has 11 rings (SSSR count). The fraction of sp³-hybridized carbons (Fsp3) is 0.558. The van der Waals surface area contributed by atoms with Crippen molar-refractivity contribution in [1.29, 1.82) is 0 Å². The first kappa shape index (κ1) is 88.2. The second kappa shape index (κ2) is 41.6. The maximum Gasteiger partial charge on any atom is 0.246 e. The highest BCUT2D eigenvalue weighted by Gasteiger charge is 2.50. The highest BCUT2D eigenvalue weighted by Crippen LogP contribution is 2.33. The summed E-state index contributed by atoms with van der Waals surface area (Å²) in [5, 5.41) is 34.6. The number of halogens is 1. The van der Waals surface area contributed by atoms with E-state index in [1.807, 2.05) is 28.8 Å². The highest BCUT2D eigenvalue weighted by atomic mass is 19.1. The lowest BCUT2D eigenvalue weighted by Crippen LogP contribution is -2.64. The van der Waals surface area contributed by atoms with E-state index >= 15 is 33.2 Å². The van der Waals surface area contributed by atoms with Crippen LogP contribution in [0, 0.1) is 5.82 Å². The topological polar surface area (TPSA) is 364 Å². The molecular formula is C86H117FN13O16+. The third-order valence-electron chi connectivity index (χ3n) is 23.1. The number of quaternary nitrogens is 1. The van der Waals surface area contributed by atoms with Crippen LogP contribution in [-0.2, 0) is 112 Å². The molecule has 6 aliphatic rings. The Labute approximate surface area is 677 Å². The van der Waals surface area contributed by atoms with E-state index in [1.165, 1.54) is 38.0 Å². The van der Waals surface area contributed by atoms with Gasteiger partial charge in [0.15, 0.2) is 0 Å². The van der Waals surface area contributed by atoms with Crippen molar-refractivity contribution in [2.75, 3.05) is 80.8 Å². The van der Waals surface area contributed by atoms with E-state index in [9.17, 15) is 33.9 Å². The Bertz CT molecular complexity index is 4310. The van der Waals surface area contributed by atoms with Crippen molar-refractivity contribution >= 4 is 81.7 Å². The standard InChI is InChI=1S/C86H116FN13O16/c1-55-78(106)91-67(31-28-64(102)20-11-10-14-43-100(4,5)44-17-45-114-6)79(107)92-68-48-60-18-15-19-61(46-60)51-89-74(104)54-116-72-36-42-98-77(72)82(110)95-76(56(2)101)81(109)94-69(47-58-25-29-65(115-7)30-26-58)84(112)99-41-16-37-86(99,3)85(113)88-38-35-57-21-23-59(24-22-57)52-97(75(105)34-33-73(103)90-55)40-13-9-8-12-39-96-53-62(49-70(83(98)111)93-80(68)108)66-50-63(87)27-32-71(66)96/h15,18-19,21-27,29-30,32,46,50,53,55-56,67-70,72,76-77,101H,8-14,16-17,20,28,31,33-45,47-49,51-52,54H2,1-7H3,(H7-,88,89,90,91,92,93,94,95,103,104,106,107,108,109,110,113)/p+1/t55-,56+,67+,68-,69-,70-,72-,76-,77-,86-/m0/s1. The third kappa shape index (κ3) is 24.2.